The van der Waals surface area contributed by atoms with Gasteiger partial charge in [0.05, 0.1) is 0 Å². The zero-order valence-electron chi connectivity index (χ0n) is 17.8. The lowest BCUT2D eigenvalue weighted by molar-refractivity contribution is -0.117. The van der Waals surface area contributed by atoms with Crippen molar-refractivity contribution in [2.24, 2.45) is 5.92 Å². The number of hydrogen-bond acceptors (Lipinski definition) is 4. The number of nitrogens with zero attached hydrogens (tertiary/aromatic N) is 1. The summed E-state index contributed by atoms with van der Waals surface area (Å²) in [4.78, 5) is 27.6. The van der Waals surface area contributed by atoms with Gasteiger partial charge in [-0.25, -0.2) is 0 Å². The highest BCUT2D eigenvalue weighted by atomic mass is 35.5. The summed E-state index contributed by atoms with van der Waals surface area (Å²) in [5, 5.41) is 4.02. The topological polar surface area (TPSA) is 49.4 Å². The first-order valence-electron chi connectivity index (χ1n) is 10.4. The standard InChI is InChI=1S/C24H31ClN2O2/c1-15-10-16(2)20(24(29)11-15)7-8-23(28)21-12-18(25)13-22(17(21)3)27(4)19-6-5-9-26-14-19/h10-13,19-20,26H,5-9,14H2,1-4H3. The average molecular weight is 415 g/mol. The zero-order chi connectivity index (χ0) is 21.1. The molecule has 1 aromatic carbocycles. The molecule has 156 valence electrons. The largest absolute Gasteiger partial charge is 0.370 e. The van der Waals surface area contributed by atoms with Crippen molar-refractivity contribution in [1.29, 1.82) is 0 Å². The van der Waals surface area contributed by atoms with E-state index in [-0.39, 0.29) is 17.5 Å². The van der Waals surface area contributed by atoms with E-state index >= 15 is 0 Å². The number of ketones is 2. The van der Waals surface area contributed by atoms with Crippen LogP contribution in [0.5, 0.6) is 0 Å². The third-order valence-electron chi connectivity index (χ3n) is 6.22. The molecule has 1 aliphatic heterocycles. The maximum absolute atomic E-state index is 13.1. The third kappa shape index (κ3) is 4.99. The molecule has 1 aromatic rings. The van der Waals surface area contributed by atoms with Crippen molar-refractivity contribution >= 4 is 28.9 Å². The second-order valence-electron chi connectivity index (χ2n) is 8.40. The van der Waals surface area contributed by atoms with Gasteiger partial charge in [-0.05, 0) is 75.9 Å². The number of anilines is 1. The first kappa shape index (κ1) is 21.8. The molecule has 0 saturated carbocycles. The van der Waals surface area contributed by atoms with Gasteiger partial charge in [-0.1, -0.05) is 23.3 Å². The number of likely N-dealkylation sites (N-methyl/N-ethyl adjacent to an activating group) is 1. The second kappa shape index (κ2) is 9.27. The Morgan fingerprint density at radius 2 is 2.00 bits per heavy atom. The molecule has 0 spiro atoms. The summed E-state index contributed by atoms with van der Waals surface area (Å²) >= 11 is 6.39. The molecule has 3 rings (SSSR count). The van der Waals surface area contributed by atoms with Crippen LogP contribution in [0.1, 0.15) is 55.5 Å². The van der Waals surface area contributed by atoms with Crippen LogP contribution >= 0.6 is 11.6 Å². The Labute approximate surface area is 179 Å². The maximum atomic E-state index is 13.1. The van der Waals surface area contributed by atoms with Gasteiger partial charge in [0.2, 0.25) is 0 Å². The summed E-state index contributed by atoms with van der Waals surface area (Å²) in [6, 6.07) is 4.12. The minimum atomic E-state index is -0.197. The fraction of sp³-hybridized carbons (Fsp3) is 0.500. The lowest BCUT2D eigenvalue weighted by atomic mass is 9.84. The smallest absolute Gasteiger partial charge is 0.163 e. The molecule has 1 saturated heterocycles. The highest BCUT2D eigenvalue weighted by molar-refractivity contribution is 6.31. The van der Waals surface area contributed by atoms with Crippen LogP contribution in [0.3, 0.4) is 0 Å². The Hall–Kier alpha value is -1.91. The van der Waals surface area contributed by atoms with E-state index in [0.717, 1.165) is 48.3 Å². The van der Waals surface area contributed by atoms with Crippen LogP contribution < -0.4 is 10.2 Å². The summed E-state index contributed by atoms with van der Waals surface area (Å²) < 4.78 is 0. The third-order valence-corrected chi connectivity index (χ3v) is 6.44. The van der Waals surface area contributed by atoms with Crippen LogP contribution in [0.2, 0.25) is 5.02 Å². The summed E-state index contributed by atoms with van der Waals surface area (Å²) in [5.74, 6) is -0.0470. The molecule has 1 N–H and O–H groups in total. The van der Waals surface area contributed by atoms with Crippen LogP contribution in [0.25, 0.3) is 0 Å². The van der Waals surface area contributed by atoms with E-state index in [2.05, 4.69) is 17.3 Å². The number of Topliss-reactive ketones (excluding diaryl/α,β-unsaturated/α-hetero) is 1. The summed E-state index contributed by atoms with van der Waals surface area (Å²) in [5.41, 5.74) is 4.66. The minimum absolute atomic E-state index is 0.0493. The van der Waals surface area contributed by atoms with Crippen molar-refractivity contribution in [2.45, 2.75) is 52.5 Å². The number of rotatable bonds is 6. The SMILES string of the molecule is CC1=CC(=O)C(CCC(=O)c2cc(Cl)cc(N(C)C3CCCNC3)c2C)C(C)=C1. The van der Waals surface area contributed by atoms with Crippen molar-refractivity contribution in [2.75, 3.05) is 25.0 Å². The fourth-order valence-corrected chi connectivity index (χ4v) is 4.72. The highest BCUT2D eigenvalue weighted by Crippen LogP contribution is 2.32. The predicted molar refractivity (Wildman–Crippen MR) is 120 cm³/mol. The number of piperidine rings is 1. The van der Waals surface area contributed by atoms with E-state index in [1.807, 2.05) is 32.9 Å². The molecule has 2 unspecified atom stereocenters. The first-order chi connectivity index (χ1) is 13.8. The molecule has 0 aromatic heterocycles. The molecular weight excluding hydrogens is 384 g/mol. The summed E-state index contributed by atoms with van der Waals surface area (Å²) in [6.07, 6.45) is 6.86. The second-order valence-corrected chi connectivity index (χ2v) is 8.84. The van der Waals surface area contributed by atoms with Gasteiger partial charge < -0.3 is 10.2 Å². The fourth-order valence-electron chi connectivity index (χ4n) is 4.51. The molecule has 29 heavy (non-hydrogen) atoms. The van der Waals surface area contributed by atoms with Gasteiger partial charge in [0.25, 0.3) is 0 Å². The molecular formula is C24H31ClN2O2. The van der Waals surface area contributed by atoms with Crippen molar-refractivity contribution < 1.29 is 9.59 Å². The average Bonchev–Trinajstić information content (AvgIpc) is 2.68. The summed E-state index contributed by atoms with van der Waals surface area (Å²) in [6.45, 7) is 7.89. The van der Waals surface area contributed by atoms with E-state index in [9.17, 15) is 9.59 Å². The van der Waals surface area contributed by atoms with Crippen LogP contribution in [0, 0.1) is 12.8 Å². The molecule has 2 atom stereocenters. The van der Waals surface area contributed by atoms with E-state index in [4.69, 9.17) is 11.6 Å². The van der Waals surface area contributed by atoms with Crippen molar-refractivity contribution in [3.05, 3.63) is 51.6 Å². The lowest BCUT2D eigenvalue weighted by Gasteiger charge is -2.34. The van der Waals surface area contributed by atoms with Crippen molar-refractivity contribution in [3.8, 4) is 0 Å². The molecule has 0 radical (unpaired) electrons. The van der Waals surface area contributed by atoms with Gasteiger partial charge in [-0.3, -0.25) is 9.59 Å². The van der Waals surface area contributed by atoms with E-state index in [0.29, 0.717) is 29.5 Å². The van der Waals surface area contributed by atoms with Gasteiger partial charge in [-0.15, -0.1) is 0 Å². The number of halogens is 1. The van der Waals surface area contributed by atoms with E-state index in [1.54, 1.807) is 12.1 Å². The van der Waals surface area contributed by atoms with Crippen LogP contribution in [-0.4, -0.2) is 37.7 Å². The Morgan fingerprint density at radius 1 is 1.24 bits per heavy atom. The van der Waals surface area contributed by atoms with Gasteiger partial charge >= 0.3 is 0 Å². The van der Waals surface area contributed by atoms with Gasteiger partial charge in [-0.2, -0.15) is 0 Å². The maximum Gasteiger partial charge on any atom is 0.163 e. The van der Waals surface area contributed by atoms with Gasteiger partial charge in [0.15, 0.2) is 11.6 Å². The molecule has 5 heteroatoms. The Balaban J connectivity index is 1.76. The van der Waals surface area contributed by atoms with E-state index in [1.165, 1.54) is 0 Å². The molecule has 0 bridgehead atoms. The van der Waals surface area contributed by atoms with Crippen LogP contribution in [-0.2, 0) is 4.79 Å². The van der Waals surface area contributed by atoms with Crippen molar-refractivity contribution in [1.82, 2.24) is 5.32 Å². The normalized spacial score (nSPS) is 22.2. The monoisotopic (exact) mass is 414 g/mol. The Kier molecular flexibility index (Phi) is 6.97. The minimum Gasteiger partial charge on any atom is -0.370 e. The molecule has 1 aliphatic carbocycles. The number of hydrogen-bond donors (Lipinski definition) is 1. The van der Waals surface area contributed by atoms with Crippen molar-refractivity contribution in [3.63, 3.8) is 0 Å². The number of allylic oxidation sites excluding steroid dienone is 4. The Bertz CT molecular complexity index is 866. The summed E-state index contributed by atoms with van der Waals surface area (Å²) in [7, 11) is 2.08. The number of carbonyl (C=O) groups is 2. The quantitative estimate of drug-likeness (QED) is 0.673. The van der Waals surface area contributed by atoms with Gasteiger partial charge in [0, 0.05) is 48.2 Å². The number of benzene rings is 1. The predicted octanol–water partition coefficient (Wildman–Crippen LogP) is 4.89. The van der Waals surface area contributed by atoms with Crippen LogP contribution in [0.15, 0.2) is 35.4 Å². The first-order valence-corrected chi connectivity index (χ1v) is 10.8. The molecule has 1 heterocycles. The number of nitrogens with one attached hydrogen (secondary N) is 1. The van der Waals surface area contributed by atoms with E-state index < -0.39 is 0 Å². The highest BCUT2D eigenvalue weighted by Gasteiger charge is 2.25. The molecule has 2 aliphatic rings. The molecule has 4 nitrogen and oxygen atoms in total. The van der Waals surface area contributed by atoms with Crippen LogP contribution in [0.4, 0.5) is 5.69 Å². The number of carbonyl (C=O) groups excluding carboxylic acids is 2. The Morgan fingerprint density at radius 3 is 2.66 bits per heavy atom. The molecule has 0 amide bonds. The van der Waals surface area contributed by atoms with Gasteiger partial charge in [0.1, 0.15) is 0 Å². The zero-order valence-corrected chi connectivity index (χ0v) is 18.6. The molecule has 1 fully saturated rings. The lowest BCUT2D eigenvalue weighted by Crippen LogP contribution is -2.44.